The third-order valence-corrected chi connectivity index (χ3v) is 3.84. The molecule has 0 fully saturated rings. The van der Waals surface area contributed by atoms with E-state index in [-0.39, 0.29) is 6.42 Å². The van der Waals surface area contributed by atoms with Gasteiger partial charge < -0.3 is 9.84 Å². The maximum atomic E-state index is 10.9. The highest BCUT2D eigenvalue weighted by Gasteiger charge is 2.15. The highest BCUT2D eigenvalue weighted by atomic mass is 32.1. The van der Waals surface area contributed by atoms with E-state index in [1.54, 1.807) is 0 Å². The van der Waals surface area contributed by atoms with E-state index < -0.39 is 5.97 Å². The minimum absolute atomic E-state index is 0.00704. The molecule has 106 valence electrons. The average Bonchev–Trinajstić information content (AvgIpc) is 2.72. The summed E-state index contributed by atoms with van der Waals surface area (Å²) in [6.07, 6.45) is 0.00704. The Morgan fingerprint density at radius 2 is 2.15 bits per heavy atom. The molecule has 1 N–H and O–H groups in total. The maximum absolute atomic E-state index is 10.9. The fraction of sp³-hybridized carbons (Fsp3) is 0.333. The number of hydrogen-bond donors (Lipinski definition) is 1. The molecule has 2 aromatic rings. The van der Waals surface area contributed by atoms with E-state index in [4.69, 9.17) is 9.84 Å². The smallest absolute Gasteiger partial charge is 0.308 e. The summed E-state index contributed by atoms with van der Waals surface area (Å²) >= 11 is 1.43. The van der Waals surface area contributed by atoms with Crippen LogP contribution in [0.4, 0.5) is 0 Å². The minimum Gasteiger partial charge on any atom is -0.494 e. The zero-order valence-electron chi connectivity index (χ0n) is 11.8. The fourth-order valence-corrected chi connectivity index (χ4v) is 3.02. The predicted molar refractivity (Wildman–Crippen MR) is 79.5 cm³/mol. The summed E-state index contributed by atoms with van der Waals surface area (Å²) in [7, 11) is 0. The van der Waals surface area contributed by atoms with Gasteiger partial charge in [0.1, 0.15) is 5.75 Å². The third kappa shape index (κ3) is 3.17. The molecule has 0 saturated heterocycles. The van der Waals surface area contributed by atoms with Crippen LogP contribution in [0.1, 0.15) is 22.4 Å². The number of thiazole rings is 1. The van der Waals surface area contributed by atoms with Gasteiger partial charge in [0.05, 0.1) is 23.7 Å². The Bertz CT molecular complexity index is 634. The zero-order chi connectivity index (χ0) is 14.7. The number of benzene rings is 1. The Labute approximate surface area is 122 Å². The van der Waals surface area contributed by atoms with E-state index in [1.807, 2.05) is 39.0 Å². The molecule has 1 aromatic heterocycles. The zero-order valence-corrected chi connectivity index (χ0v) is 12.6. The Balaban J connectivity index is 2.41. The Morgan fingerprint density at radius 1 is 1.40 bits per heavy atom. The summed E-state index contributed by atoms with van der Waals surface area (Å²) < 4.78 is 5.52. The molecule has 1 heterocycles. The van der Waals surface area contributed by atoms with Crippen molar-refractivity contribution in [2.45, 2.75) is 27.2 Å². The van der Waals surface area contributed by atoms with Crippen molar-refractivity contribution in [3.8, 4) is 17.0 Å². The number of carboxylic acid groups (broad SMARTS) is 1. The van der Waals surface area contributed by atoms with Crippen molar-refractivity contribution in [1.29, 1.82) is 0 Å². The van der Waals surface area contributed by atoms with Gasteiger partial charge in [0, 0.05) is 10.4 Å². The number of carbonyl (C=O) groups is 1. The largest absolute Gasteiger partial charge is 0.494 e. The predicted octanol–water partition coefficient (Wildman–Crippen LogP) is 3.45. The number of aliphatic carboxylic acids is 1. The number of ether oxygens (including phenoxy) is 1. The summed E-state index contributed by atoms with van der Waals surface area (Å²) in [5.41, 5.74) is 2.73. The molecule has 0 atom stereocenters. The standard InChI is InChI=1S/C15H17NO3S/c1-4-19-12-6-5-11(7-9(12)2)15-13(8-14(17)18)20-10(3)16-15/h5-7H,4,8H2,1-3H3,(H,17,18). The van der Waals surface area contributed by atoms with Crippen LogP contribution in [0.5, 0.6) is 5.75 Å². The molecule has 5 heteroatoms. The third-order valence-electron chi connectivity index (χ3n) is 2.86. The van der Waals surface area contributed by atoms with E-state index in [2.05, 4.69) is 4.98 Å². The van der Waals surface area contributed by atoms with Crippen LogP contribution in [0.2, 0.25) is 0 Å². The van der Waals surface area contributed by atoms with Gasteiger partial charge in [0.15, 0.2) is 0 Å². The summed E-state index contributed by atoms with van der Waals surface area (Å²) in [6, 6.07) is 5.83. The molecule has 1 aromatic carbocycles. The van der Waals surface area contributed by atoms with Gasteiger partial charge in [0.2, 0.25) is 0 Å². The van der Waals surface area contributed by atoms with Crippen molar-refractivity contribution < 1.29 is 14.6 Å². The van der Waals surface area contributed by atoms with Gasteiger partial charge in [-0.05, 0) is 44.5 Å². The number of carboxylic acids is 1. The van der Waals surface area contributed by atoms with E-state index >= 15 is 0 Å². The topological polar surface area (TPSA) is 59.4 Å². The first-order valence-electron chi connectivity index (χ1n) is 6.43. The summed E-state index contributed by atoms with van der Waals surface area (Å²) in [5.74, 6) is 0.0144. The van der Waals surface area contributed by atoms with Crippen molar-refractivity contribution in [3.05, 3.63) is 33.6 Å². The SMILES string of the molecule is CCOc1ccc(-c2nc(C)sc2CC(=O)O)cc1C. The van der Waals surface area contributed by atoms with Crippen LogP contribution in [0.3, 0.4) is 0 Å². The molecular formula is C15H17NO3S. The second-order valence-corrected chi connectivity index (χ2v) is 5.78. The van der Waals surface area contributed by atoms with Gasteiger partial charge in [-0.15, -0.1) is 11.3 Å². The fourth-order valence-electron chi connectivity index (χ4n) is 2.07. The van der Waals surface area contributed by atoms with Crippen molar-refractivity contribution >= 4 is 17.3 Å². The molecule has 4 nitrogen and oxygen atoms in total. The first kappa shape index (κ1) is 14.5. The van der Waals surface area contributed by atoms with E-state index in [9.17, 15) is 4.79 Å². The molecule has 2 rings (SSSR count). The Hall–Kier alpha value is -1.88. The minimum atomic E-state index is -0.836. The monoisotopic (exact) mass is 291 g/mol. The van der Waals surface area contributed by atoms with Crippen molar-refractivity contribution in [1.82, 2.24) is 4.98 Å². The summed E-state index contributed by atoms with van der Waals surface area (Å²) in [6.45, 7) is 6.44. The van der Waals surface area contributed by atoms with E-state index in [1.165, 1.54) is 11.3 Å². The molecule has 0 radical (unpaired) electrons. The van der Waals surface area contributed by atoms with Crippen molar-refractivity contribution in [3.63, 3.8) is 0 Å². The van der Waals surface area contributed by atoms with E-state index in [0.29, 0.717) is 6.61 Å². The van der Waals surface area contributed by atoms with Gasteiger partial charge in [-0.2, -0.15) is 0 Å². The number of rotatable bonds is 5. The first-order valence-corrected chi connectivity index (χ1v) is 7.24. The quantitative estimate of drug-likeness (QED) is 0.916. The second-order valence-electron chi connectivity index (χ2n) is 4.49. The molecule has 0 spiro atoms. The number of aromatic nitrogens is 1. The van der Waals surface area contributed by atoms with Crippen LogP contribution in [-0.2, 0) is 11.2 Å². The lowest BCUT2D eigenvalue weighted by Gasteiger charge is -2.08. The van der Waals surface area contributed by atoms with Gasteiger partial charge in [-0.3, -0.25) is 4.79 Å². The van der Waals surface area contributed by atoms with E-state index in [0.717, 1.165) is 32.5 Å². The molecule has 20 heavy (non-hydrogen) atoms. The average molecular weight is 291 g/mol. The molecular weight excluding hydrogens is 274 g/mol. The number of nitrogens with zero attached hydrogens (tertiary/aromatic N) is 1. The van der Waals surface area contributed by atoms with Gasteiger partial charge in [0.25, 0.3) is 0 Å². The first-order chi connectivity index (χ1) is 9.51. The summed E-state index contributed by atoms with van der Waals surface area (Å²) in [4.78, 5) is 16.2. The maximum Gasteiger partial charge on any atom is 0.308 e. The number of hydrogen-bond acceptors (Lipinski definition) is 4. The number of aryl methyl sites for hydroxylation is 2. The molecule has 0 amide bonds. The molecule has 0 saturated carbocycles. The lowest BCUT2D eigenvalue weighted by Crippen LogP contribution is -2.00. The van der Waals surface area contributed by atoms with Crippen LogP contribution in [0.25, 0.3) is 11.3 Å². The van der Waals surface area contributed by atoms with Gasteiger partial charge in [-0.25, -0.2) is 4.98 Å². The molecule has 0 aliphatic rings. The van der Waals surface area contributed by atoms with Gasteiger partial charge in [-0.1, -0.05) is 0 Å². The Morgan fingerprint density at radius 3 is 2.75 bits per heavy atom. The second kappa shape index (κ2) is 6.05. The van der Waals surface area contributed by atoms with Crippen LogP contribution in [0, 0.1) is 13.8 Å². The van der Waals surface area contributed by atoms with Gasteiger partial charge >= 0.3 is 5.97 Å². The summed E-state index contributed by atoms with van der Waals surface area (Å²) in [5, 5.41) is 9.85. The van der Waals surface area contributed by atoms with Crippen LogP contribution in [0.15, 0.2) is 18.2 Å². The van der Waals surface area contributed by atoms with Crippen LogP contribution in [-0.4, -0.2) is 22.7 Å². The molecule has 0 bridgehead atoms. The lowest BCUT2D eigenvalue weighted by atomic mass is 10.1. The van der Waals surface area contributed by atoms with Crippen molar-refractivity contribution in [2.24, 2.45) is 0 Å². The van der Waals surface area contributed by atoms with Crippen LogP contribution >= 0.6 is 11.3 Å². The molecule has 0 aliphatic carbocycles. The highest BCUT2D eigenvalue weighted by molar-refractivity contribution is 7.12. The molecule has 0 aliphatic heterocycles. The lowest BCUT2D eigenvalue weighted by molar-refractivity contribution is -0.136. The molecule has 0 unspecified atom stereocenters. The van der Waals surface area contributed by atoms with Crippen LogP contribution < -0.4 is 4.74 Å². The Kier molecular flexibility index (Phi) is 4.39. The van der Waals surface area contributed by atoms with Crippen molar-refractivity contribution in [2.75, 3.05) is 6.61 Å². The normalized spacial score (nSPS) is 10.6. The highest BCUT2D eigenvalue weighted by Crippen LogP contribution is 2.31.